The summed E-state index contributed by atoms with van der Waals surface area (Å²) < 4.78 is 0. The Bertz CT molecular complexity index is 2420. The first kappa shape index (κ1) is 35.5. The first-order valence-corrected chi connectivity index (χ1v) is 22.8. The molecule has 4 fully saturated rings. The van der Waals surface area contributed by atoms with Gasteiger partial charge in [0.2, 0.25) is 0 Å². The largest absolute Gasteiger partial charge is 0.310 e. The molecule has 6 aromatic carbocycles. The topological polar surface area (TPSA) is 3.24 Å². The fourth-order valence-electron chi connectivity index (χ4n) is 12.6. The normalized spacial score (nSPS) is 22.8. The summed E-state index contributed by atoms with van der Waals surface area (Å²) in [5, 5.41) is 2.68. The summed E-state index contributed by atoms with van der Waals surface area (Å²) in [7, 11) is 0. The quantitative estimate of drug-likeness (QED) is 0.157. The fraction of sp³-hybridized carbons (Fsp3) is 0.393. The van der Waals surface area contributed by atoms with Crippen molar-refractivity contribution >= 4 is 27.8 Å². The molecule has 6 aromatic rings. The third kappa shape index (κ3) is 6.18. The van der Waals surface area contributed by atoms with Crippen LogP contribution in [0.3, 0.4) is 0 Å². The van der Waals surface area contributed by atoms with Crippen LogP contribution >= 0.6 is 0 Å². The Morgan fingerprint density at radius 1 is 0.509 bits per heavy atom. The van der Waals surface area contributed by atoms with Gasteiger partial charge in [0.15, 0.2) is 0 Å². The zero-order valence-corrected chi connectivity index (χ0v) is 34.3. The molecule has 0 spiro atoms. The lowest BCUT2D eigenvalue weighted by molar-refractivity contribution is 0.420. The highest BCUT2D eigenvalue weighted by molar-refractivity contribution is 6.00. The zero-order chi connectivity index (χ0) is 38.1. The van der Waals surface area contributed by atoms with Gasteiger partial charge >= 0.3 is 0 Å². The van der Waals surface area contributed by atoms with E-state index in [0.717, 1.165) is 23.7 Å². The van der Waals surface area contributed by atoms with Crippen molar-refractivity contribution in [2.75, 3.05) is 4.90 Å². The van der Waals surface area contributed by atoms with Gasteiger partial charge in [-0.25, -0.2) is 0 Å². The second-order valence-corrected chi connectivity index (χ2v) is 19.3. The molecule has 4 saturated carbocycles. The minimum Gasteiger partial charge on any atom is -0.310 e. The fourth-order valence-corrected chi connectivity index (χ4v) is 12.6. The molecule has 288 valence electrons. The minimum absolute atomic E-state index is 0.121. The van der Waals surface area contributed by atoms with Crippen molar-refractivity contribution in [1.29, 1.82) is 0 Å². The molecule has 0 saturated heterocycles. The van der Waals surface area contributed by atoms with Crippen LogP contribution in [0.5, 0.6) is 0 Å². The number of hydrogen-bond donors (Lipinski definition) is 0. The molecule has 57 heavy (non-hydrogen) atoms. The standard InChI is InChI=1S/C56H59N/c1-56(2)52-17-10-16-49(41-23-21-40(22-24-41)38-11-5-3-6-12-38)55(52)50-32-30-47(36-53(50)56)57(46-28-25-42(26-29-46)51-34-37-19-20-45(51)33-37)54-18-9-15-44-35-43(27-31-48(44)54)39-13-7-4-8-14-39/h9-10,15-18,21-32,35-39,45,51H,3-8,11-14,19-20,33-34H2,1-2H3. The Balaban J connectivity index is 1.01. The van der Waals surface area contributed by atoms with Crippen LogP contribution in [-0.2, 0) is 5.41 Å². The summed E-state index contributed by atoms with van der Waals surface area (Å²) in [6.45, 7) is 4.88. The van der Waals surface area contributed by atoms with E-state index >= 15 is 0 Å². The summed E-state index contributed by atoms with van der Waals surface area (Å²) in [4.78, 5) is 2.57. The van der Waals surface area contributed by atoms with E-state index in [1.54, 1.807) is 5.56 Å². The van der Waals surface area contributed by atoms with Crippen LogP contribution in [0.15, 0.2) is 121 Å². The molecule has 3 unspecified atom stereocenters. The summed E-state index contributed by atoms with van der Waals surface area (Å²) >= 11 is 0. The van der Waals surface area contributed by atoms with Crippen LogP contribution < -0.4 is 4.90 Å². The maximum atomic E-state index is 2.57. The van der Waals surface area contributed by atoms with Gasteiger partial charge < -0.3 is 4.90 Å². The van der Waals surface area contributed by atoms with Crippen molar-refractivity contribution < 1.29 is 0 Å². The van der Waals surface area contributed by atoms with Crippen LogP contribution in [0.2, 0.25) is 0 Å². The smallest absolute Gasteiger partial charge is 0.0540 e. The Labute approximate surface area is 341 Å². The number of rotatable bonds is 7. The lowest BCUT2D eigenvalue weighted by Crippen LogP contribution is -2.17. The predicted octanol–water partition coefficient (Wildman–Crippen LogP) is 16.3. The highest BCUT2D eigenvalue weighted by atomic mass is 15.1. The minimum atomic E-state index is -0.121. The van der Waals surface area contributed by atoms with Crippen LogP contribution in [0.4, 0.5) is 17.1 Å². The van der Waals surface area contributed by atoms with Gasteiger partial charge in [-0.15, -0.1) is 0 Å². The molecule has 1 heteroatoms. The Morgan fingerprint density at radius 3 is 1.91 bits per heavy atom. The third-order valence-electron chi connectivity index (χ3n) is 15.8. The summed E-state index contributed by atoms with van der Waals surface area (Å²) in [6, 6.07) is 48.3. The number of anilines is 3. The van der Waals surface area contributed by atoms with Crippen LogP contribution in [-0.4, -0.2) is 0 Å². The van der Waals surface area contributed by atoms with E-state index in [1.165, 1.54) is 162 Å². The molecule has 1 nitrogen and oxygen atoms in total. The average molecular weight is 746 g/mol. The molecule has 11 rings (SSSR count). The Morgan fingerprint density at radius 2 is 1.19 bits per heavy atom. The monoisotopic (exact) mass is 745 g/mol. The van der Waals surface area contributed by atoms with E-state index in [9.17, 15) is 0 Å². The van der Waals surface area contributed by atoms with Gasteiger partial charge in [0.05, 0.1) is 5.69 Å². The molecule has 0 amide bonds. The number of hydrogen-bond acceptors (Lipinski definition) is 1. The Hall–Kier alpha value is -4.62. The molecular formula is C56H59N. The van der Waals surface area contributed by atoms with Gasteiger partial charge in [-0.1, -0.05) is 150 Å². The molecule has 0 heterocycles. The number of nitrogens with zero attached hydrogens (tertiary/aromatic N) is 1. The molecule has 5 aliphatic carbocycles. The van der Waals surface area contributed by atoms with Crippen molar-refractivity contribution in [3.05, 3.63) is 149 Å². The second-order valence-electron chi connectivity index (χ2n) is 19.3. The average Bonchev–Trinajstić information content (AvgIpc) is 3.97. The number of fused-ring (bicyclic) bond motifs is 6. The highest BCUT2D eigenvalue weighted by Gasteiger charge is 2.40. The van der Waals surface area contributed by atoms with Gasteiger partial charge in [-0.3, -0.25) is 0 Å². The van der Waals surface area contributed by atoms with E-state index in [-0.39, 0.29) is 5.41 Å². The van der Waals surface area contributed by atoms with Crippen LogP contribution in [0.1, 0.15) is 149 Å². The zero-order valence-electron chi connectivity index (χ0n) is 34.3. The van der Waals surface area contributed by atoms with Crippen LogP contribution in [0, 0.1) is 11.8 Å². The number of benzene rings is 6. The van der Waals surface area contributed by atoms with Gasteiger partial charge in [-0.2, -0.15) is 0 Å². The van der Waals surface area contributed by atoms with Gasteiger partial charge in [-0.05, 0) is 160 Å². The van der Waals surface area contributed by atoms with Gasteiger partial charge in [0.1, 0.15) is 0 Å². The van der Waals surface area contributed by atoms with Crippen molar-refractivity contribution in [1.82, 2.24) is 0 Å². The van der Waals surface area contributed by atoms with Crippen LogP contribution in [0.25, 0.3) is 33.0 Å². The molecular weight excluding hydrogens is 687 g/mol. The van der Waals surface area contributed by atoms with Crippen molar-refractivity contribution in [2.45, 2.75) is 127 Å². The lowest BCUT2D eigenvalue weighted by atomic mass is 9.81. The van der Waals surface area contributed by atoms with Crippen molar-refractivity contribution in [3.8, 4) is 22.3 Å². The SMILES string of the molecule is CC1(C)c2cc(N(c3ccc(C4CC5CCC4C5)cc3)c3cccc4cc(C5CCCCC5)ccc34)ccc2-c2c(-c3ccc(C4CCCCC4)cc3)cccc21. The predicted molar refractivity (Wildman–Crippen MR) is 241 cm³/mol. The maximum Gasteiger partial charge on any atom is 0.0540 e. The molecule has 0 N–H and O–H groups in total. The molecule has 0 aliphatic heterocycles. The lowest BCUT2D eigenvalue weighted by Gasteiger charge is -2.30. The van der Waals surface area contributed by atoms with Crippen molar-refractivity contribution in [3.63, 3.8) is 0 Å². The second kappa shape index (κ2) is 14.3. The molecule has 3 atom stereocenters. The molecule has 0 aromatic heterocycles. The van der Waals surface area contributed by atoms with E-state index in [0.29, 0.717) is 5.92 Å². The molecule has 0 radical (unpaired) electrons. The van der Waals surface area contributed by atoms with Gasteiger partial charge in [0, 0.05) is 22.2 Å². The Kier molecular flexibility index (Phi) is 8.94. The third-order valence-corrected chi connectivity index (χ3v) is 15.8. The molecule has 2 bridgehead atoms. The van der Waals surface area contributed by atoms with E-state index in [2.05, 4.69) is 140 Å². The van der Waals surface area contributed by atoms with E-state index < -0.39 is 0 Å². The first-order valence-electron chi connectivity index (χ1n) is 22.8. The summed E-state index contributed by atoms with van der Waals surface area (Å²) in [5.74, 6) is 3.99. The summed E-state index contributed by atoms with van der Waals surface area (Å²) in [5.41, 5.74) is 16.6. The van der Waals surface area contributed by atoms with Crippen molar-refractivity contribution in [2.24, 2.45) is 11.8 Å². The highest BCUT2D eigenvalue weighted by Crippen LogP contribution is 2.55. The van der Waals surface area contributed by atoms with E-state index in [4.69, 9.17) is 0 Å². The first-order chi connectivity index (χ1) is 28.0. The summed E-state index contributed by atoms with van der Waals surface area (Å²) in [6.07, 6.45) is 19.3. The van der Waals surface area contributed by atoms with E-state index in [1.807, 2.05) is 0 Å². The molecule has 5 aliphatic rings. The van der Waals surface area contributed by atoms with Gasteiger partial charge in [0.25, 0.3) is 0 Å². The maximum absolute atomic E-state index is 2.57.